The summed E-state index contributed by atoms with van der Waals surface area (Å²) in [7, 11) is -3.68. The number of ether oxygens (including phenoxy) is 1. The normalized spacial score (nSPS) is 16.3. The van der Waals surface area contributed by atoms with Crippen molar-refractivity contribution in [1.82, 2.24) is 14.1 Å². The fourth-order valence-electron chi connectivity index (χ4n) is 3.54. The van der Waals surface area contributed by atoms with Crippen molar-refractivity contribution in [2.24, 2.45) is 5.92 Å². The molecule has 1 saturated heterocycles. The molecule has 0 atom stereocenters. The van der Waals surface area contributed by atoms with E-state index in [1.807, 2.05) is 6.92 Å². The van der Waals surface area contributed by atoms with E-state index in [2.05, 4.69) is 12.0 Å². The van der Waals surface area contributed by atoms with E-state index in [-0.39, 0.29) is 10.8 Å². The third-order valence-corrected chi connectivity index (χ3v) is 7.32. The van der Waals surface area contributed by atoms with Crippen LogP contribution in [0.2, 0.25) is 0 Å². The Morgan fingerprint density at radius 1 is 1.18 bits per heavy atom. The molecule has 0 saturated carbocycles. The first-order chi connectivity index (χ1) is 13.3. The lowest BCUT2D eigenvalue weighted by Crippen LogP contribution is -2.38. The predicted octanol–water partition coefficient (Wildman–Crippen LogP) is 3.01. The van der Waals surface area contributed by atoms with Gasteiger partial charge in [-0.1, -0.05) is 6.92 Å². The monoisotopic (exact) mass is 405 g/mol. The van der Waals surface area contributed by atoms with Crippen molar-refractivity contribution >= 4 is 15.9 Å². The standard InChI is InChI=1S/C20H27N3O4S/c1-5-27-18-8-6-17(7-9-18)20(24)23-16(4)19(15(3)21-23)28(25,26)22-12-10-14(2)11-13-22/h6-9,14H,5,10-13H2,1-4H3. The van der Waals surface area contributed by atoms with Gasteiger partial charge in [-0.3, -0.25) is 4.79 Å². The number of nitrogens with zero attached hydrogens (tertiary/aromatic N) is 3. The number of aromatic nitrogens is 2. The van der Waals surface area contributed by atoms with E-state index in [0.29, 0.717) is 48.3 Å². The van der Waals surface area contributed by atoms with E-state index in [4.69, 9.17) is 4.74 Å². The molecule has 0 bridgehead atoms. The van der Waals surface area contributed by atoms with Crippen LogP contribution in [0.1, 0.15) is 48.4 Å². The van der Waals surface area contributed by atoms with Crippen LogP contribution >= 0.6 is 0 Å². The SMILES string of the molecule is CCOc1ccc(C(=O)n2nc(C)c(S(=O)(=O)N3CCC(C)CC3)c2C)cc1. The van der Waals surface area contributed by atoms with Crippen molar-refractivity contribution in [1.29, 1.82) is 0 Å². The zero-order valence-corrected chi connectivity index (χ0v) is 17.6. The molecule has 1 fully saturated rings. The molecule has 2 aromatic rings. The van der Waals surface area contributed by atoms with Gasteiger partial charge >= 0.3 is 0 Å². The maximum Gasteiger partial charge on any atom is 0.278 e. The molecule has 0 amide bonds. The van der Waals surface area contributed by atoms with Crippen molar-refractivity contribution in [2.45, 2.75) is 45.4 Å². The Kier molecular flexibility index (Phi) is 5.90. The average molecular weight is 406 g/mol. The van der Waals surface area contributed by atoms with Gasteiger partial charge < -0.3 is 4.74 Å². The van der Waals surface area contributed by atoms with Gasteiger partial charge in [-0.15, -0.1) is 0 Å². The number of carbonyl (C=O) groups is 1. The van der Waals surface area contributed by atoms with Crippen LogP contribution in [-0.4, -0.2) is 48.1 Å². The molecule has 2 heterocycles. The van der Waals surface area contributed by atoms with E-state index < -0.39 is 10.0 Å². The fourth-order valence-corrected chi connectivity index (χ4v) is 5.36. The van der Waals surface area contributed by atoms with Gasteiger partial charge in [0.1, 0.15) is 10.6 Å². The predicted molar refractivity (Wildman–Crippen MR) is 106 cm³/mol. The molecule has 0 radical (unpaired) electrons. The largest absolute Gasteiger partial charge is 0.494 e. The number of sulfonamides is 1. The summed E-state index contributed by atoms with van der Waals surface area (Å²) in [6.07, 6.45) is 1.69. The van der Waals surface area contributed by atoms with Crippen LogP contribution in [0.15, 0.2) is 29.2 Å². The summed E-state index contributed by atoms with van der Waals surface area (Å²) >= 11 is 0. The molecule has 0 N–H and O–H groups in total. The van der Waals surface area contributed by atoms with Crippen molar-refractivity contribution in [3.8, 4) is 5.75 Å². The van der Waals surface area contributed by atoms with Gasteiger partial charge in [0.2, 0.25) is 10.0 Å². The molecule has 1 aromatic carbocycles. The lowest BCUT2D eigenvalue weighted by molar-refractivity contribution is 0.0942. The Hall–Kier alpha value is -2.19. The summed E-state index contributed by atoms with van der Waals surface area (Å²) < 4.78 is 34.4. The van der Waals surface area contributed by atoms with Gasteiger partial charge in [0.05, 0.1) is 18.0 Å². The van der Waals surface area contributed by atoms with Gasteiger partial charge in [-0.2, -0.15) is 14.1 Å². The summed E-state index contributed by atoms with van der Waals surface area (Å²) in [6.45, 7) is 8.83. The van der Waals surface area contributed by atoms with Crippen LogP contribution < -0.4 is 4.74 Å². The Labute approximate surface area is 166 Å². The number of benzene rings is 1. The Morgan fingerprint density at radius 2 is 1.79 bits per heavy atom. The van der Waals surface area contributed by atoms with Crippen molar-refractivity contribution in [3.05, 3.63) is 41.2 Å². The number of aryl methyl sites for hydroxylation is 1. The first-order valence-corrected chi connectivity index (χ1v) is 11.0. The van der Waals surface area contributed by atoms with E-state index in [1.165, 1.54) is 8.99 Å². The van der Waals surface area contributed by atoms with Crippen LogP contribution in [0.4, 0.5) is 0 Å². The maximum absolute atomic E-state index is 13.2. The molecule has 3 rings (SSSR count). The quantitative estimate of drug-likeness (QED) is 0.764. The number of carbonyl (C=O) groups excluding carboxylic acids is 1. The second-order valence-corrected chi connectivity index (χ2v) is 9.14. The van der Waals surface area contributed by atoms with Gasteiger partial charge in [0, 0.05) is 18.7 Å². The highest BCUT2D eigenvalue weighted by molar-refractivity contribution is 7.89. The summed E-state index contributed by atoms with van der Waals surface area (Å²) in [4.78, 5) is 13.0. The first kappa shape index (κ1) is 20.5. The topological polar surface area (TPSA) is 81.5 Å². The molecule has 0 unspecified atom stereocenters. The van der Waals surface area contributed by atoms with Gasteiger partial charge in [-0.05, 0) is 63.8 Å². The highest BCUT2D eigenvalue weighted by atomic mass is 32.2. The molecule has 152 valence electrons. The summed E-state index contributed by atoms with van der Waals surface area (Å²) in [5.41, 5.74) is 1.11. The summed E-state index contributed by atoms with van der Waals surface area (Å²) in [5.74, 6) is 0.838. The number of hydrogen-bond acceptors (Lipinski definition) is 5. The Morgan fingerprint density at radius 3 is 2.36 bits per heavy atom. The van der Waals surface area contributed by atoms with E-state index in [9.17, 15) is 13.2 Å². The van der Waals surface area contributed by atoms with Crippen LogP contribution in [-0.2, 0) is 10.0 Å². The van der Waals surface area contributed by atoms with Crippen molar-refractivity contribution in [3.63, 3.8) is 0 Å². The minimum Gasteiger partial charge on any atom is -0.494 e. The molecule has 28 heavy (non-hydrogen) atoms. The lowest BCUT2D eigenvalue weighted by Gasteiger charge is -2.29. The van der Waals surface area contributed by atoms with Crippen LogP contribution in [0.5, 0.6) is 5.75 Å². The fraction of sp³-hybridized carbons (Fsp3) is 0.500. The minimum atomic E-state index is -3.68. The molecular weight excluding hydrogens is 378 g/mol. The van der Waals surface area contributed by atoms with Crippen LogP contribution in [0, 0.1) is 19.8 Å². The van der Waals surface area contributed by atoms with Gasteiger partial charge in [0.15, 0.2) is 0 Å². The first-order valence-electron chi connectivity index (χ1n) is 9.59. The van der Waals surface area contributed by atoms with E-state index >= 15 is 0 Å². The lowest BCUT2D eigenvalue weighted by atomic mass is 10.0. The minimum absolute atomic E-state index is 0.140. The van der Waals surface area contributed by atoms with Crippen LogP contribution in [0.3, 0.4) is 0 Å². The second-order valence-electron chi connectivity index (χ2n) is 7.26. The molecule has 1 aliphatic heterocycles. The molecule has 1 aliphatic rings. The number of rotatable bonds is 5. The molecule has 1 aromatic heterocycles. The molecular formula is C20H27N3O4S. The van der Waals surface area contributed by atoms with Gasteiger partial charge in [-0.25, -0.2) is 8.42 Å². The number of hydrogen-bond donors (Lipinski definition) is 0. The molecule has 0 spiro atoms. The van der Waals surface area contributed by atoms with Gasteiger partial charge in [0.25, 0.3) is 5.91 Å². The smallest absolute Gasteiger partial charge is 0.278 e. The third-order valence-electron chi connectivity index (χ3n) is 5.17. The molecule has 8 heteroatoms. The molecule has 0 aliphatic carbocycles. The van der Waals surface area contributed by atoms with E-state index in [1.54, 1.807) is 38.1 Å². The average Bonchev–Trinajstić information content (AvgIpc) is 2.97. The highest BCUT2D eigenvalue weighted by Crippen LogP contribution is 2.28. The number of piperidine rings is 1. The Balaban J connectivity index is 1.92. The highest BCUT2D eigenvalue weighted by Gasteiger charge is 2.34. The zero-order valence-electron chi connectivity index (χ0n) is 16.8. The molecule has 7 nitrogen and oxygen atoms in total. The van der Waals surface area contributed by atoms with E-state index in [0.717, 1.165) is 12.8 Å². The Bertz CT molecular complexity index is 956. The van der Waals surface area contributed by atoms with Crippen molar-refractivity contribution in [2.75, 3.05) is 19.7 Å². The van der Waals surface area contributed by atoms with Crippen LogP contribution in [0.25, 0.3) is 0 Å². The van der Waals surface area contributed by atoms with Crippen molar-refractivity contribution < 1.29 is 17.9 Å². The maximum atomic E-state index is 13.2. The second kappa shape index (κ2) is 8.05. The summed E-state index contributed by atoms with van der Waals surface area (Å²) in [6, 6.07) is 6.75. The zero-order chi connectivity index (χ0) is 20.5. The third kappa shape index (κ3) is 3.84. The summed E-state index contributed by atoms with van der Waals surface area (Å²) in [5, 5.41) is 4.25.